The average Bonchev–Trinajstić information content (AvgIpc) is 2.72. The largest absolute Gasteiger partial charge is 0.495 e. The number of para-hydroxylation sites is 2. The van der Waals surface area contributed by atoms with Gasteiger partial charge in [-0.25, -0.2) is 0 Å². The van der Waals surface area contributed by atoms with Crippen LogP contribution < -0.4 is 15.8 Å². The zero-order valence-electron chi connectivity index (χ0n) is 10.7. The summed E-state index contributed by atoms with van der Waals surface area (Å²) in [5.74, 6) is 1.64. The van der Waals surface area contributed by atoms with E-state index in [4.69, 9.17) is 10.5 Å². The van der Waals surface area contributed by atoms with Gasteiger partial charge in [0, 0.05) is 12.1 Å². The maximum absolute atomic E-state index is 5.97. The molecule has 3 nitrogen and oxygen atoms in total. The Morgan fingerprint density at radius 1 is 1.47 bits per heavy atom. The summed E-state index contributed by atoms with van der Waals surface area (Å²) >= 11 is 0. The molecule has 0 aliphatic heterocycles. The Morgan fingerprint density at radius 2 is 2.24 bits per heavy atom. The molecule has 1 aliphatic carbocycles. The molecule has 1 aromatic rings. The third-order valence-corrected chi connectivity index (χ3v) is 3.75. The summed E-state index contributed by atoms with van der Waals surface area (Å²) < 4.78 is 5.37. The van der Waals surface area contributed by atoms with Crippen molar-refractivity contribution in [2.75, 3.05) is 19.0 Å². The molecular weight excluding hydrogens is 212 g/mol. The van der Waals surface area contributed by atoms with Crippen LogP contribution in [0.2, 0.25) is 0 Å². The maximum Gasteiger partial charge on any atom is 0.141 e. The van der Waals surface area contributed by atoms with Crippen LogP contribution in [0.1, 0.15) is 26.2 Å². The Bertz CT molecular complexity index is 380. The predicted molar refractivity (Wildman–Crippen MR) is 71.4 cm³/mol. The average molecular weight is 234 g/mol. The highest BCUT2D eigenvalue weighted by atomic mass is 16.5. The fourth-order valence-corrected chi connectivity index (χ4v) is 2.78. The fourth-order valence-electron chi connectivity index (χ4n) is 2.78. The second-order valence-corrected chi connectivity index (χ2v) is 5.16. The van der Waals surface area contributed by atoms with Gasteiger partial charge in [0.2, 0.25) is 0 Å². The van der Waals surface area contributed by atoms with Crippen molar-refractivity contribution in [1.82, 2.24) is 0 Å². The number of hydrogen-bond acceptors (Lipinski definition) is 3. The Morgan fingerprint density at radius 3 is 2.82 bits per heavy atom. The Labute approximate surface area is 103 Å². The SMILES string of the molecule is COc1ccccc1NC1(CN)CCC(C)C1. The zero-order chi connectivity index (χ0) is 12.3. The van der Waals surface area contributed by atoms with Gasteiger partial charge in [-0.2, -0.15) is 0 Å². The molecule has 3 N–H and O–H groups in total. The van der Waals surface area contributed by atoms with Gasteiger partial charge in [0.05, 0.1) is 12.8 Å². The van der Waals surface area contributed by atoms with Crippen molar-refractivity contribution >= 4 is 5.69 Å². The van der Waals surface area contributed by atoms with E-state index in [1.807, 2.05) is 18.2 Å². The summed E-state index contributed by atoms with van der Waals surface area (Å²) in [7, 11) is 1.70. The van der Waals surface area contributed by atoms with Gasteiger partial charge in [-0.05, 0) is 37.3 Å². The minimum Gasteiger partial charge on any atom is -0.495 e. The van der Waals surface area contributed by atoms with E-state index in [1.54, 1.807) is 7.11 Å². The lowest BCUT2D eigenvalue weighted by atomic mass is 9.95. The number of methoxy groups -OCH3 is 1. The Balaban J connectivity index is 2.18. The molecule has 1 fully saturated rings. The van der Waals surface area contributed by atoms with Crippen LogP contribution in [0, 0.1) is 5.92 Å². The maximum atomic E-state index is 5.97. The molecule has 17 heavy (non-hydrogen) atoms. The minimum absolute atomic E-state index is 0.0497. The van der Waals surface area contributed by atoms with Crippen LogP contribution in [-0.2, 0) is 0 Å². The monoisotopic (exact) mass is 234 g/mol. The first kappa shape index (κ1) is 12.2. The normalized spacial score (nSPS) is 28.1. The van der Waals surface area contributed by atoms with Crippen molar-refractivity contribution in [3.8, 4) is 5.75 Å². The van der Waals surface area contributed by atoms with Crippen LogP contribution in [0.4, 0.5) is 5.69 Å². The van der Waals surface area contributed by atoms with Crippen molar-refractivity contribution in [1.29, 1.82) is 0 Å². The van der Waals surface area contributed by atoms with Gasteiger partial charge in [-0.15, -0.1) is 0 Å². The second-order valence-electron chi connectivity index (χ2n) is 5.16. The lowest BCUT2D eigenvalue weighted by Gasteiger charge is -2.31. The van der Waals surface area contributed by atoms with Crippen LogP contribution in [0.3, 0.4) is 0 Å². The molecule has 0 saturated heterocycles. The first-order chi connectivity index (χ1) is 8.19. The molecule has 2 unspecified atom stereocenters. The predicted octanol–water partition coefficient (Wildman–Crippen LogP) is 2.62. The fraction of sp³-hybridized carbons (Fsp3) is 0.571. The van der Waals surface area contributed by atoms with Gasteiger partial charge in [0.1, 0.15) is 5.75 Å². The molecular formula is C14H22N2O. The number of rotatable bonds is 4. The molecule has 1 saturated carbocycles. The molecule has 2 rings (SSSR count). The molecule has 1 aromatic carbocycles. The summed E-state index contributed by atoms with van der Waals surface area (Å²) in [5.41, 5.74) is 7.07. The lowest BCUT2D eigenvalue weighted by molar-refractivity contribution is 0.411. The molecule has 1 aliphatic rings. The van der Waals surface area contributed by atoms with Crippen molar-refractivity contribution in [3.63, 3.8) is 0 Å². The van der Waals surface area contributed by atoms with Crippen LogP contribution >= 0.6 is 0 Å². The van der Waals surface area contributed by atoms with Crippen LogP contribution in [0.25, 0.3) is 0 Å². The Hall–Kier alpha value is -1.22. The molecule has 0 spiro atoms. The molecule has 0 aromatic heterocycles. The molecule has 0 amide bonds. The first-order valence-corrected chi connectivity index (χ1v) is 6.30. The van der Waals surface area contributed by atoms with E-state index < -0.39 is 0 Å². The van der Waals surface area contributed by atoms with E-state index in [1.165, 1.54) is 6.42 Å². The van der Waals surface area contributed by atoms with Gasteiger partial charge in [0.25, 0.3) is 0 Å². The standard InChI is InChI=1S/C14H22N2O/c1-11-7-8-14(9-11,10-15)16-12-5-3-4-6-13(12)17-2/h3-6,11,16H,7-10,15H2,1-2H3. The highest BCUT2D eigenvalue weighted by Gasteiger charge is 2.36. The summed E-state index contributed by atoms with van der Waals surface area (Å²) in [6.07, 6.45) is 3.53. The summed E-state index contributed by atoms with van der Waals surface area (Å²) in [6.45, 7) is 2.97. The van der Waals surface area contributed by atoms with Crippen molar-refractivity contribution < 1.29 is 4.74 Å². The smallest absolute Gasteiger partial charge is 0.141 e. The quantitative estimate of drug-likeness (QED) is 0.842. The third kappa shape index (κ3) is 2.55. The molecule has 0 bridgehead atoms. The van der Waals surface area contributed by atoms with E-state index in [-0.39, 0.29) is 5.54 Å². The van der Waals surface area contributed by atoms with Gasteiger partial charge in [0.15, 0.2) is 0 Å². The van der Waals surface area contributed by atoms with Crippen molar-refractivity contribution in [3.05, 3.63) is 24.3 Å². The lowest BCUT2D eigenvalue weighted by Crippen LogP contribution is -2.43. The molecule has 0 radical (unpaired) electrons. The molecule has 2 atom stereocenters. The van der Waals surface area contributed by atoms with E-state index in [0.29, 0.717) is 6.54 Å². The highest BCUT2D eigenvalue weighted by Crippen LogP contribution is 2.38. The summed E-state index contributed by atoms with van der Waals surface area (Å²) in [6, 6.07) is 8.04. The van der Waals surface area contributed by atoms with E-state index in [2.05, 4.69) is 18.3 Å². The molecule has 3 heteroatoms. The topological polar surface area (TPSA) is 47.3 Å². The first-order valence-electron chi connectivity index (χ1n) is 6.30. The molecule has 0 heterocycles. The number of nitrogens with two attached hydrogens (primary N) is 1. The Kier molecular flexibility index (Phi) is 3.57. The van der Waals surface area contributed by atoms with Crippen molar-refractivity contribution in [2.45, 2.75) is 31.7 Å². The van der Waals surface area contributed by atoms with Gasteiger partial charge >= 0.3 is 0 Å². The number of nitrogens with one attached hydrogen (secondary N) is 1. The van der Waals surface area contributed by atoms with E-state index >= 15 is 0 Å². The van der Waals surface area contributed by atoms with Gasteiger partial charge in [-0.1, -0.05) is 19.1 Å². The summed E-state index contributed by atoms with van der Waals surface area (Å²) in [5, 5.41) is 3.60. The third-order valence-electron chi connectivity index (χ3n) is 3.75. The van der Waals surface area contributed by atoms with E-state index in [0.717, 1.165) is 30.2 Å². The number of hydrogen-bond donors (Lipinski definition) is 2. The van der Waals surface area contributed by atoms with Crippen LogP contribution in [0.5, 0.6) is 5.75 Å². The number of ether oxygens (including phenoxy) is 1. The minimum atomic E-state index is 0.0497. The molecule has 94 valence electrons. The van der Waals surface area contributed by atoms with Crippen LogP contribution in [0.15, 0.2) is 24.3 Å². The van der Waals surface area contributed by atoms with Crippen LogP contribution in [-0.4, -0.2) is 19.2 Å². The number of benzene rings is 1. The van der Waals surface area contributed by atoms with E-state index in [9.17, 15) is 0 Å². The van der Waals surface area contributed by atoms with Crippen molar-refractivity contribution in [2.24, 2.45) is 11.7 Å². The number of anilines is 1. The zero-order valence-corrected chi connectivity index (χ0v) is 10.7. The van der Waals surface area contributed by atoms with Gasteiger partial charge in [-0.3, -0.25) is 0 Å². The highest BCUT2D eigenvalue weighted by molar-refractivity contribution is 5.58. The second kappa shape index (κ2) is 4.96. The summed E-state index contributed by atoms with van der Waals surface area (Å²) in [4.78, 5) is 0. The van der Waals surface area contributed by atoms with Gasteiger partial charge < -0.3 is 15.8 Å².